The van der Waals surface area contributed by atoms with Gasteiger partial charge >= 0.3 is 0 Å². The van der Waals surface area contributed by atoms with Crippen LogP contribution in [0.1, 0.15) is 54.5 Å². The Morgan fingerprint density at radius 1 is 1.28 bits per heavy atom. The Hall–Kier alpha value is -2.14. The molecule has 1 unspecified atom stereocenters. The molecule has 136 valence electrons. The fraction of sp³-hybridized carbons (Fsp3) is 0.500. The van der Waals surface area contributed by atoms with Gasteiger partial charge in [-0.2, -0.15) is 5.10 Å². The van der Waals surface area contributed by atoms with Gasteiger partial charge in [-0.05, 0) is 56.9 Å². The molecule has 0 bridgehead atoms. The minimum Gasteiger partial charge on any atom is -0.346 e. The zero-order valence-electron chi connectivity index (χ0n) is 16.0. The van der Waals surface area contributed by atoms with Crippen LogP contribution in [0.2, 0.25) is 0 Å². The second-order valence-corrected chi connectivity index (χ2v) is 7.60. The third-order valence-electron chi connectivity index (χ3n) is 4.38. The Bertz CT molecular complexity index is 718. The predicted molar refractivity (Wildman–Crippen MR) is 102 cm³/mol. The van der Waals surface area contributed by atoms with Crippen molar-refractivity contribution < 1.29 is 4.79 Å². The van der Waals surface area contributed by atoms with Crippen molar-refractivity contribution in [2.75, 3.05) is 6.54 Å². The normalized spacial score (nSPS) is 13.7. The summed E-state index contributed by atoms with van der Waals surface area (Å²) in [6, 6.07) is 9.75. The van der Waals surface area contributed by atoms with Crippen molar-refractivity contribution >= 4 is 5.91 Å². The highest BCUT2D eigenvalue weighted by Gasteiger charge is 2.26. The fourth-order valence-corrected chi connectivity index (χ4v) is 3.20. The van der Waals surface area contributed by atoms with Crippen LogP contribution in [0, 0.1) is 19.8 Å². The third kappa shape index (κ3) is 5.16. The van der Waals surface area contributed by atoms with E-state index in [2.05, 4.69) is 30.3 Å². The molecule has 0 radical (unpaired) electrons. The first-order valence-electron chi connectivity index (χ1n) is 8.85. The SMILES string of the molecule is Cc1cc(C)n(Cc2ccc(C(=O)NC(C)(CN)CC(C)C)cc2)n1. The monoisotopic (exact) mass is 342 g/mol. The number of carbonyl (C=O) groups is 1. The van der Waals surface area contributed by atoms with E-state index in [1.54, 1.807) is 0 Å². The Morgan fingerprint density at radius 3 is 2.40 bits per heavy atom. The van der Waals surface area contributed by atoms with Crippen LogP contribution in [0.3, 0.4) is 0 Å². The van der Waals surface area contributed by atoms with Crippen molar-refractivity contribution in [1.29, 1.82) is 0 Å². The van der Waals surface area contributed by atoms with E-state index in [4.69, 9.17) is 5.73 Å². The number of carbonyl (C=O) groups excluding carboxylic acids is 1. The van der Waals surface area contributed by atoms with Gasteiger partial charge < -0.3 is 11.1 Å². The van der Waals surface area contributed by atoms with E-state index in [9.17, 15) is 4.79 Å². The van der Waals surface area contributed by atoms with E-state index in [1.807, 2.05) is 49.7 Å². The number of nitrogens with one attached hydrogen (secondary N) is 1. The van der Waals surface area contributed by atoms with E-state index in [0.29, 0.717) is 24.6 Å². The molecule has 2 aromatic rings. The molecule has 1 atom stereocenters. The summed E-state index contributed by atoms with van der Waals surface area (Å²) in [7, 11) is 0. The topological polar surface area (TPSA) is 72.9 Å². The zero-order valence-corrected chi connectivity index (χ0v) is 16.0. The summed E-state index contributed by atoms with van der Waals surface area (Å²) in [5, 5.41) is 7.56. The number of nitrogens with two attached hydrogens (primary N) is 1. The highest BCUT2D eigenvalue weighted by Crippen LogP contribution is 2.17. The van der Waals surface area contributed by atoms with Crippen molar-refractivity contribution in [1.82, 2.24) is 15.1 Å². The Kier molecular flexibility index (Phi) is 6.01. The Morgan fingerprint density at radius 2 is 1.92 bits per heavy atom. The van der Waals surface area contributed by atoms with Crippen LogP contribution in [0.4, 0.5) is 0 Å². The van der Waals surface area contributed by atoms with Crippen LogP contribution < -0.4 is 11.1 Å². The van der Waals surface area contributed by atoms with Gasteiger partial charge in [0.2, 0.25) is 0 Å². The summed E-state index contributed by atoms with van der Waals surface area (Å²) in [5.41, 5.74) is 9.42. The Labute approximate surface area is 150 Å². The van der Waals surface area contributed by atoms with Gasteiger partial charge in [0.25, 0.3) is 5.91 Å². The van der Waals surface area contributed by atoms with Crippen LogP contribution in [0.15, 0.2) is 30.3 Å². The number of amides is 1. The lowest BCUT2D eigenvalue weighted by Gasteiger charge is -2.31. The van der Waals surface area contributed by atoms with Crippen LogP contribution in [-0.2, 0) is 6.54 Å². The first-order valence-corrected chi connectivity index (χ1v) is 8.85. The van der Waals surface area contributed by atoms with Gasteiger partial charge in [0.1, 0.15) is 0 Å². The molecule has 0 aliphatic heterocycles. The van der Waals surface area contributed by atoms with Gasteiger partial charge in [0, 0.05) is 23.3 Å². The number of hydrogen-bond acceptors (Lipinski definition) is 3. The molecule has 0 saturated heterocycles. The molecule has 5 nitrogen and oxygen atoms in total. The van der Waals surface area contributed by atoms with Crippen molar-refractivity contribution in [2.45, 2.75) is 53.1 Å². The maximum absolute atomic E-state index is 12.5. The lowest BCUT2D eigenvalue weighted by molar-refractivity contribution is 0.0898. The molecule has 0 fully saturated rings. The van der Waals surface area contributed by atoms with Crippen LogP contribution in [0.5, 0.6) is 0 Å². The van der Waals surface area contributed by atoms with E-state index < -0.39 is 0 Å². The maximum Gasteiger partial charge on any atom is 0.251 e. The Balaban J connectivity index is 2.06. The highest BCUT2D eigenvalue weighted by molar-refractivity contribution is 5.94. The van der Waals surface area contributed by atoms with E-state index in [0.717, 1.165) is 23.4 Å². The maximum atomic E-state index is 12.5. The third-order valence-corrected chi connectivity index (χ3v) is 4.38. The molecular weight excluding hydrogens is 312 g/mol. The molecule has 0 aliphatic rings. The standard InChI is InChI=1S/C20H30N4O/c1-14(2)11-20(5,13-21)22-19(25)18-8-6-17(7-9-18)12-24-16(4)10-15(3)23-24/h6-10,14H,11-13,21H2,1-5H3,(H,22,25). The van der Waals surface area contributed by atoms with Gasteiger partial charge in [-0.25, -0.2) is 0 Å². The number of benzene rings is 1. The largest absolute Gasteiger partial charge is 0.346 e. The second kappa shape index (κ2) is 7.83. The average Bonchev–Trinajstić information content (AvgIpc) is 2.84. The number of aromatic nitrogens is 2. The molecule has 1 amide bonds. The minimum atomic E-state index is -0.381. The summed E-state index contributed by atoms with van der Waals surface area (Å²) in [4.78, 5) is 12.5. The summed E-state index contributed by atoms with van der Waals surface area (Å²) >= 11 is 0. The molecule has 25 heavy (non-hydrogen) atoms. The van der Waals surface area contributed by atoms with Gasteiger partial charge in [-0.15, -0.1) is 0 Å². The second-order valence-electron chi connectivity index (χ2n) is 7.60. The highest BCUT2D eigenvalue weighted by atomic mass is 16.1. The van der Waals surface area contributed by atoms with Crippen molar-refractivity contribution in [3.8, 4) is 0 Å². The number of nitrogens with zero attached hydrogens (tertiary/aromatic N) is 2. The van der Waals surface area contributed by atoms with Crippen LogP contribution in [-0.4, -0.2) is 27.8 Å². The molecule has 3 N–H and O–H groups in total. The molecule has 2 rings (SSSR count). The molecule has 1 aromatic carbocycles. The molecule has 0 aliphatic carbocycles. The van der Waals surface area contributed by atoms with Gasteiger partial charge in [0.15, 0.2) is 0 Å². The molecule has 1 heterocycles. The zero-order chi connectivity index (χ0) is 18.6. The van der Waals surface area contributed by atoms with Crippen LogP contribution in [0.25, 0.3) is 0 Å². The molecule has 1 aromatic heterocycles. The molecule has 0 spiro atoms. The molecule has 5 heteroatoms. The van der Waals surface area contributed by atoms with Crippen LogP contribution >= 0.6 is 0 Å². The lowest BCUT2D eigenvalue weighted by atomic mass is 9.90. The quantitative estimate of drug-likeness (QED) is 0.812. The van der Waals surface area contributed by atoms with E-state index in [-0.39, 0.29) is 11.4 Å². The van der Waals surface area contributed by atoms with Gasteiger partial charge in [-0.1, -0.05) is 26.0 Å². The van der Waals surface area contributed by atoms with Crippen molar-refractivity contribution in [3.05, 3.63) is 52.8 Å². The number of aryl methyl sites for hydroxylation is 2. The smallest absolute Gasteiger partial charge is 0.251 e. The first-order chi connectivity index (χ1) is 11.7. The van der Waals surface area contributed by atoms with Crippen molar-refractivity contribution in [3.63, 3.8) is 0 Å². The number of hydrogen-bond donors (Lipinski definition) is 2. The average molecular weight is 342 g/mol. The van der Waals surface area contributed by atoms with Gasteiger partial charge in [-0.3, -0.25) is 9.48 Å². The molecule has 0 saturated carbocycles. The van der Waals surface area contributed by atoms with Gasteiger partial charge in [0.05, 0.1) is 12.2 Å². The summed E-state index contributed by atoms with van der Waals surface area (Å²) in [5.74, 6) is 0.392. The predicted octanol–water partition coefficient (Wildman–Crippen LogP) is 3.04. The fourth-order valence-electron chi connectivity index (χ4n) is 3.20. The molecular formula is C20H30N4O. The van der Waals surface area contributed by atoms with Crippen molar-refractivity contribution in [2.24, 2.45) is 11.7 Å². The van der Waals surface area contributed by atoms with E-state index in [1.165, 1.54) is 0 Å². The number of rotatable bonds is 7. The lowest BCUT2D eigenvalue weighted by Crippen LogP contribution is -2.52. The summed E-state index contributed by atoms with van der Waals surface area (Å²) in [6.07, 6.45) is 0.852. The first kappa shape index (κ1) is 19.2. The summed E-state index contributed by atoms with van der Waals surface area (Å²) < 4.78 is 1.97. The minimum absolute atomic E-state index is 0.0775. The van der Waals surface area contributed by atoms with E-state index >= 15 is 0 Å². The summed E-state index contributed by atoms with van der Waals surface area (Å²) in [6.45, 7) is 11.4.